The standard InChI is InChI=1S/C18H15BrN2OS/c1-12(16-9-10-17(19)23-16)20-21-18(22)11-14-7-4-6-13-5-2-3-8-15(13)14/h2-10H,11H2,1H3,(H,21,22)/b20-12+. The van der Waals surface area contributed by atoms with Crippen LogP contribution in [0.25, 0.3) is 10.8 Å². The lowest BCUT2D eigenvalue weighted by Gasteiger charge is -2.06. The van der Waals surface area contributed by atoms with Gasteiger partial charge in [-0.3, -0.25) is 4.79 Å². The number of thiophene rings is 1. The van der Waals surface area contributed by atoms with Crippen LogP contribution in [0.3, 0.4) is 0 Å². The number of benzene rings is 2. The van der Waals surface area contributed by atoms with Crippen LogP contribution in [0.5, 0.6) is 0 Å². The molecule has 0 radical (unpaired) electrons. The van der Waals surface area contributed by atoms with E-state index in [0.29, 0.717) is 6.42 Å². The Labute approximate surface area is 147 Å². The van der Waals surface area contributed by atoms with Crippen LogP contribution in [-0.2, 0) is 11.2 Å². The molecule has 1 amide bonds. The van der Waals surface area contributed by atoms with Crippen molar-refractivity contribution in [3.63, 3.8) is 0 Å². The number of hydrazone groups is 1. The molecule has 1 N–H and O–H groups in total. The van der Waals surface area contributed by atoms with Gasteiger partial charge in [0.05, 0.1) is 20.8 Å². The minimum absolute atomic E-state index is 0.115. The molecule has 0 bridgehead atoms. The highest BCUT2D eigenvalue weighted by molar-refractivity contribution is 9.11. The zero-order chi connectivity index (χ0) is 16.2. The average molecular weight is 387 g/mol. The van der Waals surface area contributed by atoms with Gasteiger partial charge in [-0.1, -0.05) is 42.5 Å². The molecule has 0 atom stereocenters. The SMILES string of the molecule is C/C(=N\NC(=O)Cc1cccc2ccccc12)c1ccc(Br)s1. The summed E-state index contributed by atoms with van der Waals surface area (Å²) in [5.74, 6) is -0.115. The lowest BCUT2D eigenvalue weighted by Crippen LogP contribution is -2.21. The maximum Gasteiger partial charge on any atom is 0.244 e. The largest absolute Gasteiger partial charge is 0.273 e. The van der Waals surface area contributed by atoms with Crippen molar-refractivity contribution in [2.75, 3.05) is 0 Å². The maximum absolute atomic E-state index is 12.2. The van der Waals surface area contributed by atoms with Crippen LogP contribution in [0.4, 0.5) is 0 Å². The van der Waals surface area contributed by atoms with Gasteiger partial charge in [-0.25, -0.2) is 5.43 Å². The van der Waals surface area contributed by atoms with Gasteiger partial charge in [0.15, 0.2) is 0 Å². The van der Waals surface area contributed by atoms with Gasteiger partial charge in [-0.15, -0.1) is 11.3 Å². The van der Waals surface area contributed by atoms with Gasteiger partial charge in [-0.2, -0.15) is 5.10 Å². The van der Waals surface area contributed by atoms with Crippen molar-refractivity contribution in [3.8, 4) is 0 Å². The summed E-state index contributed by atoms with van der Waals surface area (Å²) in [6.07, 6.45) is 0.312. The number of halogens is 1. The molecule has 5 heteroatoms. The Bertz CT molecular complexity index is 880. The average Bonchev–Trinajstić information content (AvgIpc) is 2.99. The van der Waals surface area contributed by atoms with Crippen molar-refractivity contribution in [3.05, 3.63) is 68.8 Å². The molecule has 0 aliphatic heterocycles. The van der Waals surface area contributed by atoms with Gasteiger partial charge in [0, 0.05) is 0 Å². The fourth-order valence-electron chi connectivity index (χ4n) is 2.37. The lowest BCUT2D eigenvalue weighted by atomic mass is 10.0. The van der Waals surface area contributed by atoms with Crippen molar-refractivity contribution < 1.29 is 4.79 Å². The van der Waals surface area contributed by atoms with Gasteiger partial charge >= 0.3 is 0 Å². The molecule has 1 heterocycles. The van der Waals surface area contributed by atoms with Gasteiger partial charge < -0.3 is 0 Å². The molecule has 23 heavy (non-hydrogen) atoms. The molecule has 2 aromatic carbocycles. The summed E-state index contributed by atoms with van der Waals surface area (Å²) in [5, 5.41) is 6.43. The monoisotopic (exact) mass is 386 g/mol. The number of rotatable bonds is 4. The van der Waals surface area contributed by atoms with E-state index in [0.717, 1.165) is 30.7 Å². The summed E-state index contributed by atoms with van der Waals surface area (Å²) in [7, 11) is 0. The number of carbonyl (C=O) groups is 1. The van der Waals surface area contributed by atoms with Crippen molar-refractivity contribution in [2.24, 2.45) is 5.10 Å². The zero-order valence-electron chi connectivity index (χ0n) is 12.5. The molecule has 1 aromatic heterocycles. The minimum atomic E-state index is -0.115. The third-order valence-corrected chi connectivity index (χ3v) is 5.24. The topological polar surface area (TPSA) is 41.5 Å². The Morgan fingerprint density at radius 2 is 1.91 bits per heavy atom. The molecular formula is C18H15BrN2OS. The number of fused-ring (bicyclic) bond motifs is 1. The normalized spacial score (nSPS) is 11.7. The second-order valence-corrected chi connectivity index (χ2v) is 7.61. The Hall–Kier alpha value is -1.98. The number of nitrogens with zero attached hydrogens (tertiary/aromatic N) is 1. The van der Waals surface area contributed by atoms with Crippen molar-refractivity contribution in [1.82, 2.24) is 5.43 Å². The first-order valence-corrected chi connectivity index (χ1v) is 8.80. The summed E-state index contributed by atoms with van der Waals surface area (Å²) in [6, 6.07) is 18.0. The fraction of sp³-hybridized carbons (Fsp3) is 0.111. The number of carbonyl (C=O) groups excluding carboxylic acids is 1. The molecular weight excluding hydrogens is 372 g/mol. The highest BCUT2D eigenvalue weighted by Gasteiger charge is 2.07. The lowest BCUT2D eigenvalue weighted by molar-refractivity contribution is -0.120. The molecule has 0 unspecified atom stereocenters. The van der Waals surface area contributed by atoms with Crippen LogP contribution in [-0.4, -0.2) is 11.6 Å². The van der Waals surface area contributed by atoms with Crippen LogP contribution < -0.4 is 5.43 Å². The second-order valence-electron chi connectivity index (χ2n) is 5.15. The van der Waals surface area contributed by atoms with Crippen LogP contribution in [0.2, 0.25) is 0 Å². The molecule has 0 aliphatic rings. The highest BCUT2D eigenvalue weighted by Crippen LogP contribution is 2.22. The Morgan fingerprint density at radius 1 is 1.13 bits per heavy atom. The summed E-state index contributed by atoms with van der Waals surface area (Å²) in [5.41, 5.74) is 4.45. The van der Waals surface area contributed by atoms with Crippen molar-refractivity contribution in [2.45, 2.75) is 13.3 Å². The quantitative estimate of drug-likeness (QED) is 0.510. The zero-order valence-corrected chi connectivity index (χ0v) is 14.9. The fourth-order valence-corrected chi connectivity index (χ4v) is 3.70. The van der Waals surface area contributed by atoms with Crippen LogP contribution in [0, 0.1) is 0 Å². The third-order valence-electron chi connectivity index (χ3n) is 3.51. The van der Waals surface area contributed by atoms with Crippen LogP contribution in [0.1, 0.15) is 17.4 Å². The van der Waals surface area contributed by atoms with Crippen LogP contribution >= 0.6 is 27.3 Å². The van der Waals surface area contributed by atoms with E-state index in [9.17, 15) is 4.79 Å². The Morgan fingerprint density at radius 3 is 2.70 bits per heavy atom. The molecule has 0 spiro atoms. The van der Waals surface area contributed by atoms with E-state index < -0.39 is 0 Å². The molecule has 0 fully saturated rings. The number of hydrogen-bond donors (Lipinski definition) is 1. The van der Waals surface area contributed by atoms with E-state index in [1.54, 1.807) is 11.3 Å². The molecule has 3 aromatic rings. The molecule has 0 saturated carbocycles. The number of amides is 1. The molecule has 3 nitrogen and oxygen atoms in total. The highest BCUT2D eigenvalue weighted by atomic mass is 79.9. The predicted molar refractivity (Wildman–Crippen MR) is 100 cm³/mol. The Balaban J connectivity index is 1.72. The van der Waals surface area contributed by atoms with Gasteiger partial charge in [-0.05, 0) is 51.3 Å². The van der Waals surface area contributed by atoms with E-state index in [-0.39, 0.29) is 5.91 Å². The first-order valence-electron chi connectivity index (χ1n) is 7.19. The summed E-state index contributed by atoms with van der Waals surface area (Å²) < 4.78 is 1.05. The van der Waals surface area contributed by atoms with E-state index in [1.165, 1.54) is 0 Å². The van der Waals surface area contributed by atoms with E-state index in [1.807, 2.05) is 61.5 Å². The number of nitrogens with one attached hydrogen (secondary N) is 1. The predicted octanol–water partition coefficient (Wildman–Crippen LogP) is 4.75. The smallest absolute Gasteiger partial charge is 0.244 e. The van der Waals surface area contributed by atoms with E-state index in [2.05, 4.69) is 26.5 Å². The number of hydrogen-bond acceptors (Lipinski definition) is 3. The molecule has 0 saturated heterocycles. The van der Waals surface area contributed by atoms with Crippen LogP contribution in [0.15, 0.2) is 63.5 Å². The van der Waals surface area contributed by atoms with E-state index in [4.69, 9.17) is 0 Å². The summed E-state index contributed by atoms with van der Waals surface area (Å²) in [6.45, 7) is 1.89. The molecule has 0 aliphatic carbocycles. The van der Waals surface area contributed by atoms with Crippen molar-refractivity contribution >= 4 is 49.7 Å². The van der Waals surface area contributed by atoms with E-state index >= 15 is 0 Å². The molecule has 3 rings (SSSR count). The third kappa shape index (κ3) is 3.86. The van der Waals surface area contributed by atoms with Gasteiger partial charge in [0.1, 0.15) is 0 Å². The first-order chi connectivity index (χ1) is 11.1. The maximum atomic E-state index is 12.2. The first kappa shape index (κ1) is 15.9. The summed E-state index contributed by atoms with van der Waals surface area (Å²) in [4.78, 5) is 13.2. The second kappa shape index (κ2) is 7.06. The Kier molecular flexibility index (Phi) is 4.88. The van der Waals surface area contributed by atoms with Gasteiger partial charge in [0.25, 0.3) is 0 Å². The van der Waals surface area contributed by atoms with Crippen molar-refractivity contribution in [1.29, 1.82) is 0 Å². The summed E-state index contributed by atoms with van der Waals surface area (Å²) >= 11 is 5.01. The van der Waals surface area contributed by atoms with Gasteiger partial charge in [0.2, 0.25) is 5.91 Å². The molecule has 116 valence electrons. The minimum Gasteiger partial charge on any atom is -0.273 e.